The zero-order valence-electron chi connectivity index (χ0n) is 10.4. The first-order valence-electron chi connectivity index (χ1n) is 5.44. The molecule has 4 heteroatoms. The highest BCUT2D eigenvalue weighted by Gasteiger charge is 2.45. The molecule has 0 N–H and O–H groups in total. The maximum absolute atomic E-state index is 13.7. The van der Waals surface area contributed by atoms with Crippen LogP contribution in [0.25, 0.3) is 0 Å². The van der Waals surface area contributed by atoms with Crippen LogP contribution < -0.4 is 0 Å². The molecule has 0 amide bonds. The van der Waals surface area contributed by atoms with Gasteiger partial charge in [-0.15, -0.1) is 0 Å². The lowest BCUT2D eigenvalue weighted by Gasteiger charge is -2.32. The number of hydrogen-bond donors (Lipinski definition) is 0. The summed E-state index contributed by atoms with van der Waals surface area (Å²) in [5, 5.41) is 0.573. The minimum atomic E-state index is -3.17. The fraction of sp³-hybridized carbons (Fsp3) is 0.538. The van der Waals surface area contributed by atoms with Gasteiger partial charge in [0.1, 0.15) is 0 Å². The number of hydrogen-bond acceptors (Lipinski definition) is 1. The van der Waals surface area contributed by atoms with Crippen LogP contribution in [0.5, 0.6) is 0 Å². The molecule has 0 fully saturated rings. The monoisotopic (exact) mass is 262 g/mol. The van der Waals surface area contributed by atoms with Crippen molar-refractivity contribution in [3.05, 3.63) is 34.9 Å². The number of rotatable bonds is 3. The molecular formula is C13H17ClF2O. The van der Waals surface area contributed by atoms with Crippen molar-refractivity contribution in [3.8, 4) is 0 Å². The molecule has 1 aromatic rings. The fourth-order valence-electron chi connectivity index (χ4n) is 1.20. The van der Waals surface area contributed by atoms with E-state index < -0.39 is 17.6 Å². The van der Waals surface area contributed by atoms with E-state index in [4.69, 9.17) is 16.3 Å². The van der Waals surface area contributed by atoms with E-state index in [0.29, 0.717) is 10.6 Å². The second-order valence-corrected chi connectivity index (χ2v) is 5.51. The Hall–Kier alpha value is -0.670. The van der Waals surface area contributed by atoms with Crippen LogP contribution in [0.1, 0.15) is 39.4 Å². The molecule has 0 spiro atoms. The quantitative estimate of drug-likeness (QED) is 0.740. The van der Waals surface area contributed by atoms with Crippen LogP contribution in [0, 0.1) is 5.41 Å². The van der Waals surface area contributed by atoms with Crippen molar-refractivity contribution < 1.29 is 13.5 Å². The summed E-state index contributed by atoms with van der Waals surface area (Å²) in [6.45, 7) is 5.94. The maximum Gasteiger partial charge on any atom is 0.361 e. The second-order valence-electron chi connectivity index (χ2n) is 5.08. The van der Waals surface area contributed by atoms with Gasteiger partial charge in [0.05, 0.1) is 11.5 Å². The minimum Gasteiger partial charge on any atom is -0.312 e. The molecule has 0 aliphatic heterocycles. The Balaban J connectivity index is 2.79. The van der Waals surface area contributed by atoms with Gasteiger partial charge in [-0.2, -0.15) is 8.78 Å². The standard InChI is InChI=1S/C13H17ClF2O/c1-9(10-5-7-11(14)8-6-10)17-13(15,16)12(2,3)4/h5-9H,1-4H3. The van der Waals surface area contributed by atoms with Crippen LogP contribution in [-0.2, 0) is 4.74 Å². The zero-order chi connectivity index (χ0) is 13.3. The summed E-state index contributed by atoms with van der Waals surface area (Å²) in [5.41, 5.74) is -0.549. The SMILES string of the molecule is CC(OC(F)(F)C(C)(C)C)c1ccc(Cl)cc1. The lowest BCUT2D eigenvalue weighted by molar-refractivity contribution is -0.313. The summed E-state index contributed by atoms with van der Waals surface area (Å²) >= 11 is 5.73. The number of alkyl halides is 2. The van der Waals surface area contributed by atoms with E-state index in [1.165, 1.54) is 20.8 Å². The molecule has 1 aromatic carbocycles. The van der Waals surface area contributed by atoms with Crippen molar-refractivity contribution in [2.24, 2.45) is 5.41 Å². The van der Waals surface area contributed by atoms with Crippen molar-refractivity contribution >= 4 is 11.6 Å². The Labute approximate surface area is 106 Å². The zero-order valence-corrected chi connectivity index (χ0v) is 11.2. The molecule has 1 nitrogen and oxygen atoms in total. The summed E-state index contributed by atoms with van der Waals surface area (Å²) in [6.07, 6.45) is -3.85. The van der Waals surface area contributed by atoms with E-state index in [1.54, 1.807) is 31.2 Å². The Morgan fingerprint density at radius 1 is 1.12 bits per heavy atom. The van der Waals surface area contributed by atoms with E-state index in [-0.39, 0.29) is 0 Å². The lowest BCUT2D eigenvalue weighted by atomic mass is 9.95. The molecule has 0 aromatic heterocycles. The topological polar surface area (TPSA) is 9.23 Å². The first kappa shape index (κ1) is 14.4. The maximum atomic E-state index is 13.7. The van der Waals surface area contributed by atoms with E-state index in [2.05, 4.69) is 0 Å². The highest BCUT2D eigenvalue weighted by Crippen LogP contribution is 2.40. The van der Waals surface area contributed by atoms with Gasteiger partial charge in [-0.3, -0.25) is 0 Å². The van der Waals surface area contributed by atoms with Gasteiger partial charge in [0.15, 0.2) is 0 Å². The first-order valence-corrected chi connectivity index (χ1v) is 5.82. The van der Waals surface area contributed by atoms with Crippen molar-refractivity contribution in [2.75, 3.05) is 0 Å². The fourth-order valence-corrected chi connectivity index (χ4v) is 1.33. The van der Waals surface area contributed by atoms with Crippen molar-refractivity contribution in [1.82, 2.24) is 0 Å². The summed E-state index contributed by atoms with van der Waals surface area (Å²) in [5.74, 6) is 0. The van der Waals surface area contributed by atoms with Crippen molar-refractivity contribution in [2.45, 2.75) is 39.9 Å². The Morgan fingerprint density at radius 3 is 2.00 bits per heavy atom. The molecular weight excluding hydrogens is 246 g/mol. The predicted molar refractivity (Wildman–Crippen MR) is 65.4 cm³/mol. The number of halogens is 3. The Kier molecular flexibility index (Phi) is 4.15. The van der Waals surface area contributed by atoms with Gasteiger partial charge < -0.3 is 4.74 Å². The highest BCUT2D eigenvalue weighted by atomic mass is 35.5. The van der Waals surface area contributed by atoms with Gasteiger partial charge in [0.2, 0.25) is 0 Å². The molecule has 0 radical (unpaired) electrons. The average molecular weight is 263 g/mol. The lowest BCUT2D eigenvalue weighted by Crippen LogP contribution is -2.37. The molecule has 96 valence electrons. The summed E-state index contributed by atoms with van der Waals surface area (Å²) in [4.78, 5) is 0. The van der Waals surface area contributed by atoms with Gasteiger partial charge >= 0.3 is 6.11 Å². The van der Waals surface area contributed by atoms with Gasteiger partial charge in [-0.1, -0.05) is 44.5 Å². The molecule has 1 unspecified atom stereocenters. The number of benzene rings is 1. The summed E-state index contributed by atoms with van der Waals surface area (Å²) in [6, 6.07) is 6.69. The molecule has 0 aliphatic rings. The molecule has 0 bridgehead atoms. The van der Waals surface area contributed by atoms with Crippen LogP contribution in [0.3, 0.4) is 0 Å². The molecule has 0 saturated carbocycles. The van der Waals surface area contributed by atoms with Gasteiger partial charge in [0.25, 0.3) is 0 Å². The van der Waals surface area contributed by atoms with E-state index >= 15 is 0 Å². The van der Waals surface area contributed by atoms with E-state index in [1.807, 2.05) is 0 Å². The largest absolute Gasteiger partial charge is 0.361 e. The molecule has 0 heterocycles. The highest BCUT2D eigenvalue weighted by molar-refractivity contribution is 6.30. The number of ether oxygens (including phenoxy) is 1. The van der Waals surface area contributed by atoms with Crippen molar-refractivity contribution in [3.63, 3.8) is 0 Å². The summed E-state index contributed by atoms with van der Waals surface area (Å²) < 4.78 is 32.2. The smallest absolute Gasteiger partial charge is 0.312 e. The minimum absolute atomic E-state index is 0.573. The van der Waals surface area contributed by atoms with Crippen LogP contribution in [0.4, 0.5) is 8.78 Å². The third kappa shape index (κ3) is 3.65. The average Bonchev–Trinajstić information content (AvgIpc) is 2.16. The Bertz CT molecular complexity index is 368. The normalized spacial score (nSPS) is 14.8. The molecule has 17 heavy (non-hydrogen) atoms. The summed E-state index contributed by atoms with van der Waals surface area (Å²) in [7, 11) is 0. The second kappa shape index (κ2) is 4.91. The van der Waals surface area contributed by atoms with Crippen LogP contribution in [0.2, 0.25) is 5.02 Å². The Morgan fingerprint density at radius 2 is 1.59 bits per heavy atom. The molecule has 1 atom stereocenters. The van der Waals surface area contributed by atoms with E-state index in [9.17, 15) is 8.78 Å². The predicted octanol–water partition coefficient (Wildman–Crippen LogP) is 5.06. The third-order valence-electron chi connectivity index (χ3n) is 2.54. The first-order chi connectivity index (χ1) is 7.63. The van der Waals surface area contributed by atoms with Crippen LogP contribution >= 0.6 is 11.6 Å². The van der Waals surface area contributed by atoms with Crippen LogP contribution in [-0.4, -0.2) is 6.11 Å². The van der Waals surface area contributed by atoms with E-state index in [0.717, 1.165) is 0 Å². The molecule has 0 aliphatic carbocycles. The van der Waals surface area contributed by atoms with Crippen molar-refractivity contribution in [1.29, 1.82) is 0 Å². The third-order valence-corrected chi connectivity index (χ3v) is 2.79. The molecule has 1 rings (SSSR count). The van der Waals surface area contributed by atoms with Crippen LogP contribution in [0.15, 0.2) is 24.3 Å². The van der Waals surface area contributed by atoms with Gasteiger partial charge in [0, 0.05) is 5.02 Å². The van der Waals surface area contributed by atoms with Gasteiger partial charge in [-0.05, 0) is 24.6 Å². The molecule has 0 saturated heterocycles. The van der Waals surface area contributed by atoms with Gasteiger partial charge in [-0.25, -0.2) is 0 Å².